The number of ether oxygens (including phenoxy) is 1. The number of rotatable bonds is 7. The van der Waals surface area contributed by atoms with Gasteiger partial charge in [0.05, 0.1) is 18.8 Å². The fraction of sp³-hybridized carbons (Fsp3) is 0.300. The summed E-state index contributed by atoms with van der Waals surface area (Å²) in [5.74, 6) is 0.801. The summed E-state index contributed by atoms with van der Waals surface area (Å²) >= 11 is 0. The fourth-order valence-electron chi connectivity index (χ4n) is 2.99. The highest BCUT2D eigenvalue weighted by Gasteiger charge is 2.16. The van der Waals surface area contributed by atoms with Crippen LogP contribution in [0.3, 0.4) is 0 Å². The molecule has 0 saturated carbocycles. The van der Waals surface area contributed by atoms with Crippen LogP contribution in [0.2, 0.25) is 0 Å². The summed E-state index contributed by atoms with van der Waals surface area (Å²) in [6.45, 7) is 2.41. The van der Waals surface area contributed by atoms with Crippen molar-refractivity contribution in [1.29, 1.82) is 0 Å². The Morgan fingerprint density at radius 2 is 1.97 bits per heavy atom. The van der Waals surface area contributed by atoms with Crippen molar-refractivity contribution in [2.24, 2.45) is 0 Å². The number of nitrogens with one attached hydrogen (secondary N) is 2. The number of carbonyl (C=O) groups is 1. The third-order valence-electron chi connectivity index (χ3n) is 4.64. The van der Waals surface area contributed by atoms with Gasteiger partial charge in [0.25, 0.3) is 0 Å². The smallest absolute Gasteiger partial charge is 0.319 e. The molecule has 0 radical (unpaired) electrons. The van der Waals surface area contributed by atoms with Gasteiger partial charge in [-0.2, -0.15) is 0 Å². The first-order valence-corrected chi connectivity index (χ1v) is 9.17. The number of tetrazole rings is 1. The van der Waals surface area contributed by atoms with Gasteiger partial charge in [0.2, 0.25) is 0 Å². The second-order valence-corrected chi connectivity index (χ2v) is 6.84. The molecule has 9 heteroatoms. The highest BCUT2D eigenvalue weighted by molar-refractivity contribution is 5.89. The third-order valence-corrected chi connectivity index (χ3v) is 4.64. The molecule has 2 aromatic carbocycles. The number of aryl methyl sites for hydroxylation is 1. The molecule has 0 spiro atoms. The first-order valence-electron chi connectivity index (χ1n) is 9.17. The molecule has 9 nitrogen and oxygen atoms in total. The lowest BCUT2D eigenvalue weighted by molar-refractivity contribution is 0.243. The number of methoxy groups -OCH3 is 1. The van der Waals surface area contributed by atoms with Crippen molar-refractivity contribution in [2.75, 3.05) is 33.1 Å². The maximum absolute atomic E-state index is 12.4. The molecule has 152 valence electrons. The molecule has 2 N–H and O–H groups in total. The summed E-state index contributed by atoms with van der Waals surface area (Å²) < 4.78 is 6.77. The van der Waals surface area contributed by atoms with Crippen molar-refractivity contribution in [3.05, 3.63) is 59.9 Å². The number of benzene rings is 2. The van der Waals surface area contributed by atoms with E-state index in [9.17, 15) is 4.79 Å². The van der Waals surface area contributed by atoms with Crippen LogP contribution in [0, 0.1) is 6.92 Å². The number of urea groups is 1. The van der Waals surface area contributed by atoms with Gasteiger partial charge in [0.15, 0.2) is 0 Å². The van der Waals surface area contributed by atoms with Crippen molar-refractivity contribution in [1.82, 2.24) is 30.4 Å². The second kappa shape index (κ2) is 9.16. The predicted molar refractivity (Wildman–Crippen MR) is 110 cm³/mol. The van der Waals surface area contributed by atoms with E-state index in [4.69, 9.17) is 4.74 Å². The highest BCUT2D eigenvalue weighted by Crippen LogP contribution is 2.21. The predicted octanol–water partition coefficient (Wildman–Crippen LogP) is 2.40. The molecule has 0 aliphatic heterocycles. The monoisotopic (exact) mass is 395 g/mol. The fourth-order valence-corrected chi connectivity index (χ4v) is 2.99. The lowest BCUT2D eigenvalue weighted by Crippen LogP contribution is -2.36. The summed E-state index contributed by atoms with van der Waals surface area (Å²) in [4.78, 5) is 14.5. The molecule has 0 bridgehead atoms. The van der Waals surface area contributed by atoms with Crippen LogP contribution < -0.4 is 15.4 Å². The van der Waals surface area contributed by atoms with E-state index in [0.29, 0.717) is 12.2 Å². The number of aromatic nitrogens is 4. The lowest BCUT2D eigenvalue weighted by Gasteiger charge is -2.25. The minimum absolute atomic E-state index is 0.0291. The molecule has 0 aliphatic rings. The number of hydrogen-bond donors (Lipinski definition) is 2. The molecule has 1 aromatic heterocycles. The Morgan fingerprint density at radius 3 is 2.59 bits per heavy atom. The van der Waals surface area contributed by atoms with Gasteiger partial charge < -0.3 is 20.3 Å². The second-order valence-electron chi connectivity index (χ2n) is 6.84. The van der Waals surface area contributed by atoms with Crippen molar-refractivity contribution in [3.8, 4) is 11.4 Å². The normalized spacial score (nSPS) is 11.9. The van der Waals surface area contributed by atoms with Crippen LogP contribution in [0.1, 0.15) is 17.2 Å². The Hall–Kier alpha value is -3.46. The van der Waals surface area contributed by atoms with Crippen molar-refractivity contribution >= 4 is 11.7 Å². The van der Waals surface area contributed by atoms with E-state index in [1.807, 2.05) is 63.5 Å². The zero-order valence-corrected chi connectivity index (χ0v) is 17.0. The largest absolute Gasteiger partial charge is 0.497 e. The molecule has 0 fully saturated rings. The zero-order chi connectivity index (χ0) is 20.8. The number of carbonyl (C=O) groups excluding carboxylic acids is 1. The summed E-state index contributed by atoms with van der Waals surface area (Å²) in [7, 11) is 5.60. The van der Waals surface area contributed by atoms with E-state index in [2.05, 4.69) is 31.1 Å². The van der Waals surface area contributed by atoms with Crippen LogP contribution in [-0.2, 0) is 0 Å². The standard InChI is InChI=1S/C20H25N7O2/c1-14-5-8-16(11-18(14)27-13-22-24-25-27)23-20(28)21-12-19(26(2)3)15-6-9-17(29-4)10-7-15/h5-11,13,19H,12H2,1-4H3,(H2,21,23,28). The number of anilines is 1. The SMILES string of the molecule is COc1ccc(C(CNC(=O)Nc2ccc(C)c(-n3cnnn3)c2)N(C)C)cc1. The molecule has 1 unspecified atom stereocenters. The van der Waals surface area contributed by atoms with Gasteiger partial charge in [0, 0.05) is 12.2 Å². The van der Waals surface area contributed by atoms with Gasteiger partial charge in [-0.3, -0.25) is 0 Å². The van der Waals surface area contributed by atoms with Gasteiger partial charge in [-0.05, 0) is 66.8 Å². The molecule has 0 aliphatic carbocycles. The Morgan fingerprint density at radius 1 is 1.21 bits per heavy atom. The lowest BCUT2D eigenvalue weighted by atomic mass is 10.1. The van der Waals surface area contributed by atoms with Crippen LogP contribution in [0.5, 0.6) is 5.75 Å². The summed E-state index contributed by atoms with van der Waals surface area (Å²) in [6, 6.07) is 13.2. The number of amides is 2. The number of hydrogen-bond acceptors (Lipinski definition) is 6. The molecule has 0 saturated heterocycles. The van der Waals surface area contributed by atoms with Crippen molar-refractivity contribution in [3.63, 3.8) is 0 Å². The van der Waals surface area contributed by atoms with Crippen molar-refractivity contribution in [2.45, 2.75) is 13.0 Å². The molecular formula is C20H25N7O2. The van der Waals surface area contributed by atoms with E-state index >= 15 is 0 Å². The Bertz CT molecular complexity index is 940. The molecule has 1 heterocycles. The minimum Gasteiger partial charge on any atom is -0.497 e. The topological polar surface area (TPSA) is 97.2 Å². The quantitative estimate of drug-likeness (QED) is 0.638. The van der Waals surface area contributed by atoms with Crippen molar-refractivity contribution < 1.29 is 9.53 Å². The average molecular weight is 395 g/mol. The van der Waals surface area contributed by atoms with Crippen LogP contribution >= 0.6 is 0 Å². The first-order chi connectivity index (χ1) is 14.0. The molecular weight excluding hydrogens is 370 g/mol. The maximum Gasteiger partial charge on any atom is 0.319 e. The summed E-state index contributed by atoms with van der Waals surface area (Å²) in [5.41, 5.74) is 3.55. The minimum atomic E-state index is -0.281. The summed E-state index contributed by atoms with van der Waals surface area (Å²) in [6.07, 6.45) is 1.52. The van der Waals surface area contributed by atoms with Gasteiger partial charge in [-0.15, -0.1) is 5.10 Å². The van der Waals surface area contributed by atoms with Gasteiger partial charge >= 0.3 is 6.03 Å². The highest BCUT2D eigenvalue weighted by atomic mass is 16.5. The Balaban J connectivity index is 1.64. The van der Waals surface area contributed by atoms with Gasteiger partial charge in [-0.25, -0.2) is 9.48 Å². The first kappa shape index (κ1) is 20.3. The average Bonchev–Trinajstić information content (AvgIpc) is 3.24. The Labute approximate surface area is 169 Å². The zero-order valence-electron chi connectivity index (χ0n) is 17.0. The van der Waals surface area contributed by atoms with E-state index in [1.54, 1.807) is 11.8 Å². The van der Waals surface area contributed by atoms with Gasteiger partial charge in [-0.1, -0.05) is 18.2 Å². The molecule has 1 atom stereocenters. The van der Waals surface area contributed by atoms with E-state index in [-0.39, 0.29) is 12.1 Å². The number of likely N-dealkylation sites (N-methyl/N-ethyl adjacent to an activating group) is 1. The molecule has 29 heavy (non-hydrogen) atoms. The van der Waals surface area contributed by atoms with Crippen LogP contribution in [0.25, 0.3) is 5.69 Å². The third kappa shape index (κ3) is 5.08. The van der Waals surface area contributed by atoms with Crippen LogP contribution in [-0.4, -0.2) is 58.9 Å². The van der Waals surface area contributed by atoms with Crippen LogP contribution in [0.4, 0.5) is 10.5 Å². The van der Waals surface area contributed by atoms with E-state index in [1.165, 1.54) is 6.33 Å². The molecule has 3 rings (SSSR count). The van der Waals surface area contributed by atoms with E-state index in [0.717, 1.165) is 22.6 Å². The van der Waals surface area contributed by atoms with Gasteiger partial charge in [0.1, 0.15) is 12.1 Å². The summed E-state index contributed by atoms with van der Waals surface area (Å²) in [5, 5.41) is 17.0. The number of nitrogens with zero attached hydrogens (tertiary/aromatic N) is 5. The molecule has 3 aromatic rings. The van der Waals surface area contributed by atoms with E-state index < -0.39 is 0 Å². The molecule has 2 amide bonds. The maximum atomic E-state index is 12.4. The van der Waals surface area contributed by atoms with Crippen LogP contribution in [0.15, 0.2) is 48.8 Å². The Kier molecular flexibility index (Phi) is 6.40.